The molecule has 0 saturated carbocycles. The van der Waals surface area contributed by atoms with E-state index in [9.17, 15) is 0 Å². The van der Waals surface area contributed by atoms with E-state index in [-0.39, 0.29) is 0 Å². The Morgan fingerprint density at radius 3 is 2.79 bits per heavy atom. The molecule has 3 rings (SSSR count). The summed E-state index contributed by atoms with van der Waals surface area (Å²) in [7, 11) is 0. The molecule has 0 unspecified atom stereocenters. The van der Waals surface area contributed by atoms with E-state index in [4.69, 9.17) is 16.0 Å². The molecular formula is C15H15ClN2O. The number of benzene rings is 1. The number of aryl methyl sites for hydroxylation is 2. The number of furan rings is 1. The second-order valence-electron chi connectivity index (χ2n) is 4.55. The van der Waals surface area contributed by atoms with Crippen molar-refractivity contribution in [1.82, 2.24) is 9.55 Å². The van der Waals surface area contributed by atoms with E-state index in [0.717, 1.165) is 34.8 Å². The molecule has 3 nitrogen and oxygen atoms in total. The van der Waals surface area contributed by atoms with E-state index < -0.39 is 0 Å². The Morgan fingerprint density at radius 1 is 1.21 bits per heavy atom. The summed E-state index contributed by atoms with van der Waals surface area (Å²) >= 11 is 5.87. The van der Waals surface area contributed by atoms with Crippen LogP contribution in [0.4, 0.5) is 0 Å². The van der Waals surface area contributed by atoms with Gasteiger partial charge in [0.25, 0.3) is 0 Å². The van der Waals surface area contributed by atoms with Crippen molar-refractivity contribution in [3.05, 3.63) is 53.7 Å². The third-order valence-corrected chi connectivity index (χ3v) is 3.35. The Morgan fingerprint density at radius 2 is 2.05 bits per heavy atom. The molecule has 0 aliphatic rings. The third-order valence-electron chi connectivity index (χ3n) is 3.16. The highest BCUT2D eigenvalue weighted by molar-refractivity contribution is 6.17. The summed E-state index contributed by atoms with van der Waals surface area (Å²) in [5.74, 6) is 3.44. The number of halogens is 1. The van der Waals surface area contributed by atoms with E-state index >= 15 is 0 Å². The summed E-state index contributed by atoms with van der Waals surface area (Å²) in [4.78, 5) is 4.64. The summed E-state index contributed by atoms with van der Waals surface area (Å²) in [5, 5.41) is 0. The highest BCUT2D eigenvalue weighted by atomic mass is 35.5. The molecule has 19 heavy (non-hydrogen) atoms. The highest BCUT2D eigenvalue weighted by Gasteiger charge is 2.11. The predicted octanol–water partition coefficient (Wildman–Crippen LogP) is 3.77. The van der Waals surface area contributed by atoms with Gasteiger partial charge < -0.3 is 8.98 Å². The van der Waals surface area contributed by atoms with E-state index in [0.29, 0.717) is 12.4 Å². The van der Waals surface area contributed by atoms with Crippen molar-refractivity contribution in [3.8, 4) is 0 Å². The van der Waals surface area contributed by atoms with E-state index in [1.165, 1.54) is 0 Å². The number of fused-ring (bicyclic) bond motifs is 1. The molecule has 0 radical (unpaired) electrons. The maximum absolute atomic E-state index is 5.87. The number of nitrogens with zero attached hydrogens (tertiary/aromatic N) is 2. The van der Waals surface area contributed by atoms with Gasteiger partial charge in [-0.3, -0.25) is 0 Å². The van der Waals surface area contributed by atoms with Crippen LogP contribution in [0.15, 0.2) is 40.8 Å². The van der Waals surface area contributed by atoms with Gasteiger partial charge in [0.05, 0.1) is 17.6 Å². The summed E-state index contributed by atoms with van der Waals surface area (Å²) < 4.78 is 7.83. The lowest BCUT2D eigenvalue weighted by Gasteiger charge is -2.06. The Bertz CT molecular complexity index is 699. The van der Waals surface area contributed by atoms with Gasteiger partial charge in [0, 0.05) is 12.3 Å². The van der Waals surface area contributed by atoms with E-state index in [1.807, 2.05) is 37.3 Å². The second kappa shape index (κ2) is 5.10. The normalized spacial score (nSPS) is 11.3. The van der Waals surface area contributed by atoms with Crippen molar-refractivity contribution in [3.63, 3.8) is 0 Å². The molecule has 0 saturated heterocycles. The van der Waals surface area contributed by atoms with Crippen LogP contribution in [0.3, 0.4) is 0 Å². The van der Waals surface area contributed by atoms with Crippen molar-refractivity contribution in [2.75, 3.05) is 5.88 Å². The monoisotopic (exact) mass is 274 g/mol. The summed E-state index contributed by atoms with van der Waals surface area (Å²) in [6.07, 6.45) is 0.760. The molecule has 0 bridgehead atoms. The van der Waals surface area contributed by atoms with Gasteiger partial charge >= 0.3 is 0 Å². The van der Waals surface area contributed by atoms with Gasteiger partial charge in [-0.15, -0.1) is 11.6 Å². The van der Waals surface area contributed by atoms with Gasteiger partial charge in [0.2, 0.25) is 0 Å². The molecular weight excluding hydrogens is 260 g/mol. The minimum Gasteiger partial charge on any atom is -0.464 e. The SMILES string of the molecule is Cc1ccc(Cn2c(CCCl)nc3ccccc32)o1. The van der Waals surface area contributed by atoms with Crippen LogP contribution in [0.25, 0.3) is 11.0 Å². The minimum atomic E-state index is 0.570. The van der Waals surface area contributed by atoms with Gasteiger partial charge in [0.15, 0.2) is 0 Å². The van der Waals surface area contributed by atoms with Crippen molar-refractivity contribution >= 4 is 22.6 Å². The summed E-state index contributed by atoms with van der Waals surface area (Å²) in [5.41, 5.74) is 2.13. The van der Waals surface area contributed by atoms with Crippen LogP contribution in [0.1, 0.15) is 17.3 Å². The zero-order valence-corrected chi connectivity index (χ0v) is 11.5. The Balaban J connectivity index is 2.06. The fourth-order valence-electron chi connectivity index (χ4n) is 2.30. The number of imidazole rings is 1. The van der Waals surface area contributed by atoms with E-state index in [1.54, 1.807) is 0 Å². The lowest BCUT2D eigenvalue weighted by atomic mass is 10.3. The number of alkyl halides is 1. The van der Waals surface area contributed by atoms with Crippen LogP contribution in [-0.2, 0) is 13.0 Å². The molecule has 1 aromatic carbocycles. The summed E-state index contributed by atoms with van der Waals surface area (Å²) in [6, 6.07) is 12.1. The zero-order valence-electron chi connectivity index (χ0n) is 10.8. The van der Waals surface area contributed by atoms with Crippen LogP contribution in [-0.4, -0.2) is 15.4 Å². The molecule has 0 fully saturated rings. The average molecular weight is 275 g/mol. The molecule has 98 valence electrons. The first kappa shape index (κ1) is 12.3. The zero-order chi connectivity index (χ0) is 13.2. The fourth-order valence-corrected chi connectivity index (χ4v) is 2.47. The molecule has 0 aliphatic heterocycles. The van der Waals surface area contributed by atoms with Gasteiger partial charge in [-0.1, -0.05) is 12.1 Å². The van der Waals surface area contributed by atoms with Crippen LogP contribution >= 0.6 is 11.6 Å². The van der Waals surface area contributed by atoms with E-state index in [2.05, 4.69) is 15.6 Å². The van der Waals surface area contributed by atoms with Crippen molar-refractivity contribution < 1.29 is 4.42 Å². The second-order valence-corrected chi connectivity index (χ2v) is 4.93. The van der Waals surface area contributed by atoms with Gasteiger partial charge in [-0.2, -0.15) is 0 Å². The van der Waals surface area contributed by atoms with Crippen LogP contribution in [0, 0.1) is 6.92 Å². The molecule has 2 aromatic heterocycles. The smallest absolute Gasteiger partial charge is 0.123 e. The quantitative estimate of drug-likeness (QED) is 0.678. The lowest BCUT2D eigenvalue weighted by molar-refractivity contribution is 0.469. The number of hydrogen-bond donors (Lipinski definition) is 0. The molecule has 0 spiro atoms. The van der Waals surface area contributed by atoms with Crippen molar-refractivity contribution in [2.24, 2.45) is 0 Å². The molecule has 0 atom stereocenters. The standard InChI is InChI=1S/C15H15ClN2O/c1-11-6-7-12(19-11)10-18-14-5-3-2-4-13(14)17-15(18)8-9-16/h2-7H,8-10H2,1H3. The molecule has 3 aromatic rings. The first-order chi connectivity index (χ1) is 9.28. The maximum Gasteiger partial charge on any atom is 0.123 e. The van der Waals surface area contributed by atoms with Gasteiger partial charge in [-0.05, 0) is 31.2 Å². The van der Waals surface area contributed by atoms with Crippen LogP contribution in [0.2, 0.25) is 0 Å². The lowest BCUT2D eigenvalue weighted by Crippen LogP contribution is -2.05. The predicted molar refractivity (Wildman–Crippen MR) is 76.7 cm³/mol. The molecule has 0 N–H and O–H groups in total. The number of hydrogen-bond acceptors (Lipinski definition) is 2. The Hall–Kier alpha value is -1.74. The fraction of sp³-hybridized carbons (Fsp3) is 0.267. The largest absolute Gasteiger partial charge is 0.464 e. The number of para-hydroxylation sites is 2. The minimum absolute atomic E-state index is 0.570. The molecule has 4 heteroatoms. The van der Waals surface area contributed by atoms with Crippen LogP contribution < -0.4 is 0 Å². The first-order valence-corrected chi connectivity index (χ1v) is 6.87. The third kappa shape index (κ3) is 2.38. The van der Waals surface area contributed by atoms with Crippen molar-refractivity contribution in [1.29, 1.82) is 0 Å². The Kier molecular flexibility index (Phi) is 3.30. The van der Waals surface area contributed by atoms with Gasteiger partial charge in [0.1, 0.15) is 17.3 Å². The summed E-state index contributed by atoms with van der Waals surface area (Å²) in [6.45, 7) is 2.65. The number of aromatic nitrogens is 2. The molecule has 0 aliphatic carbocycles. The average Bonchev–Trinajstić information content (AvgIpc) is 2.96. The molecule has 0 amide bonds. The topological polar surface area (TPSA) is 31.0 Å². The van der Waals surface area contributed by atoms with Crippen molar-refractivity contribution in [2.45, 2.75) is 19.9 Å². The number of rotatable bonds is 4. The van der Waals surface area contributed by atoms with Gasteiger partial charge in [-0.25, -0.2) is 4.98 Å². The molecule has 2 heterocycles. The van der Waals surface area contributed by atoms with Crippen LogP contribution in [0.5, 0.6) is 0 Å². The first-order valence-electron chi connectivity index (χ1n) is 6.33. The maximum atomic E-state index is 5.87. The highest BCUT2D eigenvalue weighted by Crippen LogP contribution is 2.19. The Labute approximate surface area is 116 Å².